The molecule has 1 atom stereocenters. The maximum absolute atomic E-state index is 13.3. The number of nitrogens with one attached hydrogen (secondary N) is 1. The van der Waals surface area contributed by atoms with Crippen LogP contribution in [0.2, 0.25) is 0 Å². The summed E-state index contributed by atoms with van der Waals surface area (Å²) < 4.78 is 10.8. The summed E-state index contributed by atoms with van der Waals surface area (Å²) in [5.41, 5.74) is 3.93. The van der Waals surface area contributed by atoms with E-state index in [1.165, 1.54) is 11.8 Å². The number of ketones is 1. The molecule has 31 heavy (non-hydrogen) atoms. The molecule has 0 saturated carbocycles. The topological polar surface area (TPSA) is 84.9 Å². The van der Waals surface area contributed by atoms with E-state index < -0.39 is 11.6 Å². The zero-order valence-electron chi connectivity index (χ0n) is 18.4. The van der Waals surface area contributed by atoms with Crippen LogP contribution < -0.4 is 14.8 Å². The van der Waals surface area contributed by atoms with Crippen LogP contribution in [0.15, 0.2) is 24.3 Å². The van der Waals surface area contributed by atoms with Gasteiger partial charge in [-0.3, -0.25) is 14.5 Å². The van der Waals surface area contributed by atoms with E-state index in [-0.39, 0.29) is 25.0 Å². The lowest BCUT2D eigenvalue weighted by atomic mass is 9.90. The molecule has 0 bridgehead atoms. The van der Waals surface area contributed by atoms with Gasteiger partial charge in [0.05, 0.1) is 6.54 Å². The van der Waals surface area contributed by atoms with Crippen molar-refractivity contribution in [1.29, 1.82) is 0 Å². The van der Waals surface area contributed by atoms with Crippen LogP contribution in [0.4, 0.5) is 4.79 Å². The number of ether oxygens (including phenoxy) is 2. The molecule has 1 N–H and O–H groups in total. The van der Waals surface area contributed by atoms with Crippen LogP contribution in [0.1, 0.15) is 52.0 Å². The van der Waals surface area contributed by atoms with Gasteiger partial charge in [-0.15, -0.1) is 0 Å². The number of Topliss-reactive ketones (excluding diaryl/α,β-unsaturated/α-hetero) is 1. The molecule has 2 aromatic carbocycles. The van der Waals surface area contributed by atoms with E-state index in [4.69, 9.17) is 9.47 Å². The van der Waals surface area contributed by atoms with Crippen LogP contribution in [0, 0.1) is 20.8 Å². The third kappa shape index (κ3) is 3.54. The molecule has 2 heterocycles. The monoisotopic (exact) mass is 422 g/mol. The number of amides is 3. The van der Waals surface area contributed by atoms with Gasteiger partial charge in [-0.25, -0.2) is 4.79 Å². The SMILES string of the molecule is CC(=O)c1c(C)cc(C)c(CN2C(=O)NC(C)(Cc3ccc4c(c3)OCO4)C2=O)c1C. The number of aryl methyl sites for hydroxylation is 2. The molecule has 2 aliphatic rings. The molecular weight excluding hydrogens is 396 g/mol. The Labute approximate surface area is 181 Å². The van der Waals surface area contributed by atoms with E-state index in [0.717, 1.165) is 27.8 Å². The molecule has 0 aliphatic carbocycles. The summed E-state index contributed by atoms with van der Waals surface area (Å²) in [5, 5.41) is 2.85. The molecule has 1 unspecified atom stereocenters. The van der Waals surface area contributed by atoms with Gasteiger partial charge < -0.3 is 14.8 Å². The lowest BCUT2D eigenvalue weighted by Gasteiger charge is -2.23. The van der Waals surface area contributed by atoms with E-state index in [1.807, 2.05) is 45.0 Å². The standard InChI is InChI=1S/C24H26N2O5/c1-13-8-14(2)21(16(4)27)15(3)18(13)11-26-22(28)24(5,25-23(26)29)10-17-6-7-19-20(9-17)31-12-30-19/h6-9H,10-12H2,1-5H3,(H,25,29). The zero-order chi connectivity index (χ0) is 22.5. The Hall–Kier alpha value is -3.35. The van der Waals surface area contributed by atoms with Crippen LogP contribution in [0.25, 0.3) is 0 Å². The third-order valence-electron chi connectivity index (χ3n) is 6.14. The minimum absolute atomic E-state index is 0.0268. The van der Waals surface area contributed by atoms with Crippen LogP contribution in [-0.2, 0) is 17.8 Å². The highest BCUT2D eigenvalue weighted by Crippen LogP contribution is 2.34. The summed E-state index contributed by atoms with van der Waals surface area (Å²) in [4.78, 5) is 39.4. The second kappa shape index (κ2) is 7.41. The maximum Gasteiger partial charge on any atom is 0.325 e. The zero-order valence-corrected chi connectivity index (χ0v) is 18.4. The molecule has 2 aliphatic heterocycles. The van der Waals surface area contributed by atoms with Gasteiger partial charge in [-0.1, -0.05) is 12.1 Å². The Balaban J connectivity index is 1.60. The van der Waals surface area contributed by atoms with Crippen molar-refractivity contribution in [1.82, 2.24) is 10.2 Å². The number of fused-ring (bicyclic) bond motifs is 1. The van der Waals surface area contributed by atoms with Crippen molar-refractivity contribution >= 4 is 17.7 Å². The molecule has 4 rings (SSSR count). The summed E-state index contributed by atoms with van der Waals surface area (Å²) in [7, 11) is 0. The average Bonchev–Trinajstić information content (AvgIpc) is 3.21. The van der Waals surface area contributed by atoms with Crippen molar-refractivity contribution in [2.45, 2.75) is 53.1 Å². The Morgan fingerprint density at radius 3 is 2.52 bits per heavy atom. The number of carbonyl (C=O) groups is 3. The summed E-state index contributed by atoms with van der Waals surface area (Å²) >= 11 is 0. The number of rotatable bonds is 5. The lowest BCUT2D eigenvalue weighted by Crippen LogP contribution is -2.45. The number of imide groups is 1. The molecule has 2 aromatic rings. The fourth-order valence-corrected chi connectivity index (χ4v) is 4.64. The highest BCUT2D eigenvalue weighted by molar-refractivity contribution is 6.07. The van der Waals surface area contributed by atoms with Gasteiger partial charge in [0, 0.05) is 12.0 Å². The number of nitrogens with zero attached hydrogens (tertiary/aromatic N) is 1. The van der Waals surface area contributed by atoms with Crippen LogP contribution in [-0.4, -0.2) is 35.0 Å². The Morgan fingerprint density at radius 2 is 1.81 bits per heavy atom. The predicted octanol–water partition coefficient (Wildman–Crippen LogP) is 3.60. The average molecular weight is 422 g/mol. The second-order valence-corrected chi connectivity index (χ2v) is 8.56. The van der Waals surface area contributed by atoms with Gasteiger partial charge in [-0.2, -0.15) is 0 Å². The van der Waals surface area contributed by atoms with E-state index in [2.05, 4.69) is 5.32 Å². The molecule has 0 radical (unpaired) electrons. The summed E-state index contributed by atoms with van der Waals surface area (Å²) in [5.74, 6) is 0.987. The molecule has 1 fully saturated rings. The van der Waals surface area contributed by atoms with Crippen molar-refractivity contribution in [2.75, 3.05) is 6.79 Å². The minimum Gasteiger partial charge on any atom is -0.454 e. The number of benzene rings is 2. The fraction of sp³-hybridized carbons (Fsp3) is 0.375. The van der Waals surface area contributed by atoms with Gasteiger partial charge in [0.1, 0.15) is 5.54 Å². The maximum atomic E-state index is 13.3. The summed E-state index contributed by atoms with van der Waals surface area (Å²) in [6.45, 7) is 9.27. The van der Waals surface area contributed by atoms with Crippen molar-refractivity contribution in [2.24, 2.45) is 0 Å². The number of carbonyl (C=O) groups excluding carboxylic acids is 3. The Kier molecular flexibility index (Phi) is 5.00. The lowest BCUT2D eigenvalue weighted by molar-refractivity contribution is -0.131. The normalized spacial score (nSPS) is 19.7. The molecule has 0 aromatic heterocycles. The molecule has 1 saturated heterocycles. The van der Waals surface area contributed by atoms with Gasteiger partial charge in [0.25, 0.3) is 5.91 Å². The van der Waals surface area contributed by atoms with Gasteiger partial charge in [0.2, 0.25) is 6.79 Å². The molecule has 3 amide bonds. The molecule has 7 heteroatoms. The Morgan fingerprint density at radius 1 is 1.10 bits per heavy atom. The highest BCUT2D eigenvalue weighted by Gasteiger charge is 2.48. The van der Waals surface area contributed by atoms with Crippen LogP contribution >= 0.6 is 0 Å². The number of hydrogen-bond acceptors (Lipinski definition) is 5. The van der Waals surface area contributed by atoms with Crippen LogP contribution in [0.5, 0.6) is 11.5 Å². The first-order valence-electron chi connectivity index (χ1n) is 10.2. The fourth-order valence-electron chi connectivity index (χ4n) is 4.64. The molecule has 7 nitrogen and oxygen atoms in total. The van der Waals surface area contributed by atoms with E-state index in [9.17, 15) is 14.4 Å². The largest absolute Gasteiger partial charge is 0.454 e. The van der Waals surface area contributed by atoms with E-state index >= 15 is 0 Å². The van der Waals surface area contributed by atoms with Crippen molar-refractivity contribution in [3.05, 3.63) is 57.6 Å². The van der Waals surface area contributed by atoms with Crippen molar-refractivity contribution in [3.8, 4) is 11.5 Å². The Bertz CT molecular complexity index is 1120. The van der Waals surface area contributed by atoms with E-state index in [1.54, 1.807) is 6.92 Å². The van der Waals surface area contributed by atoms with Crippen molar-refractivity contribution in [3.63, 3.8) is 0 Å². The van der Waals surface area contributed by atoms with E-state index in [0.29, 0.717) is 23.5 Å². The first-order chi connectivity index (χ1) is 14.6. The number of urea groups is 1. The van der Waals surface area contributed by atoms with Crippen molar-refractivity contribution < 1.29 is 23.9 Å². The summed E-state index contributed by atoms with van der Waals surface area (Å²) in [6.07, 6.45) is 0.329. The van der Waals surface area contributed by atoms with Gasteiger partial charge in [-0.05, 0) is 74.6 Å². The second-order valence-electron chi connectivity index (χ2n) is 8.56. The van der Waals surface area contributed by atoms with Gasteiger partial charge >= 0.3 is 6.03 Å². The first kappa shape index (κ1) is 20.9. The summed E-state index contributed by atoms with van der Waals surface area (Å²) in [6, 6.07) is 7.01. The molecule has 162 valence electrons. The van der Waals surface area contributed by atoms with Gasteiger partial charge in [0.15, 0.2) is 17.3 Å². The molecular formula is C24H26N2O5. The third-order valence-corrected chi connectivity index (χ3v) is 6.14. The first-order valence-corrected chi connectivity index (χ1v) is 10.2. The number of hydrogen-bond donors (Lipinski definition) is 1. The highest BCUT2D eigenvalue weighted by atomic mass is 16.7. The quantitative estimate of drug-likeness (QED) is 0.588. The minimum atomic E-state index is -1.07. The smallest absolute Gasteiger partial charge is 0.325 e. The predicted molar refractivity (Wildman–Crippen MR) is 114 cm³/mol. The van der Waals surface area contributed by atoms with Crippen LogP contribution in [0.3, 0.4) is 0 Å². The molecule has 0 spiro atoms.